The monoisotopic (exact) mass is 640 g/mol. The summed E-state index contributed by atoms with van der Waals surface area (Å²) >= 11 is 0. The van der Waals surface area contributed by atoms with Crippen LogP contribution in [0.4, 0.5) is 21.6 Å². The van der Waals surface area contributed by atoms with Gasteiger partial charge in [0.15, 0.2) is 11.6 Å². The van der Waals surface area contributed by atoms with E-state index in [2.05, 4.69) is 30.8 Å². The number of halogens is 1. The Balaban J connectivity index is 1.12. The van der Waals surface area contributed by atoms with E-state index < -0.39 is 11.8 Å². The summed E-state index contributed by atoms with van der Waals surface area (Å²) in [7, 11) is 1.33. The van der Waals surface area contributed by atoms with E-state index in [1.807, 2.05) is 29.7 Å². The van der Waals surface area contributed by atoms with Crippen molar-refractivity contribution in [1.29, 1.82) is 5.26 Å². The average Bonchev–Trinajstić information content (AvgIpc) is 3.55. The number of aryl methyl sites for hydroxylation is 1. The first kappa shape index (κ1) is 32.9. The van der Waals surface area contributed by atoms with Gasteiger partial charge in [-0.1, -0.05) is 6.07 Å². The topological polar surface area (TPSA) is 146 Å². The number of amides is 1. The number of piperidine rings is 1. The minimum absolute atomic E-state index is 0.0615. The number of hydrogen-bond donors (Lipinski definition) is 3. The number of pyridine rings is 1. The molecule has 1 saturated heterocycles. The maximum Gasteiger partial charge on any atom is 0.337 e. The summed E-state index contributed by atoms with van der Waals surface area (Å²) < 4.78 is 26.6. The van der Waals surface area contributed by atoms with Gasteiger partial charge in [0.25, 0.3) is 0 Å². The number of nitrogens with one attached hydrogen (secondary N) is 3. The number of nitrogens with zero attached hydrogens (tertiary/aromatic N) is 5. The van der Waals surface area contributed by atoms with Gasteiger partial charge in [0, 0.05) is 31.9 Å². The number of likely N-dealkylation sites (tertiary alicyclic amines) is 1. The Hall–Kier alpha value is -5.48. The van der Waals surface area contributed by atoms with E-state index in [-0.39, 0.29) is 36.4 Å². The Morgan fingerprint density at radius 1 is 1.11 bits per heavy atom. The number of esters is 1. The van der Waals surface area contributed by atoms with Crippen LogP contribution in [-0.2, 0) is 29.2 Å². The second-order valence-corrected chi connectivity index (χ2v) is 11.1. The predicted octanol–water partition coefficient (Wildman–Crippen LogP) is 4.80. The molecule has 3 heterocycles. The molecule has 244 valence electrons. The minimum Gasteiger partial charge on any atom is -0.484 e. The van der Waals surface area contributed by atoms with Crippen molar-refractivity contribution >= 4 is 29.1 Å². The zero-order chi connectivity index (χ0) is 33.2. The highest BCUT2D eigenvalue weighted by Crippen LogP contribution is 2.25. The number of anilines is 3. The van der Waals surface area contributed by atoms with Gasteiger partial charge in [-0.3, -0.25) is 9.69 Å². The highest BCUT2D eigenvalue weighted by Gasteiger charge is 2.22. The number of nitriles is 1. The number of methoxy groups -OCH3 is 1. The van der Waals surface area contributed by atoms with Gasteiger partial charge < -0.3 is 30.0 Å². The third-order valence-corrected chi connectivity index (χ3v) is 7.86. The van der Waals surface area contributed by atoms with Crippen molar-refractivity contribution in [3.63, 3.8) is 0 Å². The third kappa shape index (κ3) is 8.83. The van der Waals surface area contributed by atoms with Crippen LogP contribution >= 0.6 is 0 Å². The fourth-order valence-electron chi connectivity index (χ4n) is 5.33. The van der Waals surface area contributed by atoms with Crippen LogP contribution in [0.15, 0.2) is 67.1 Å². The second kappa shape index (κ2) is 15.7. The maximum absolute atomic E-state index is 14.2. The van der Waals surface area contributed by atoms with Crippen LogP contribution < -0.4 is 20.7 Å². The minimum atomic E-state index is -0.594. The number of rotatable bonds is 13. The number of hydrogen-bond acceptors (Lipinski definition) is 10. The van der Waals surface area contributed by atoms with E-state index in [0.29, 0.717) is 35.0 Å². The van der Waals surface area contributed by atoms with Gasteiger partial charge >= 0.3 is 5.97 Å². The van der Waals surface area contributed by atoms with Crippen molar-refractivity contribution in [2.75, 3.05) is 42.7 Å². The molecule has 1 amide bonds. The molecule has 0 atom stereocenters. The van der Waals surface area contributed by atoms with Crippen LogP contribution in [0, 0.1) is 17.1 Å². The number of carbonyl (C=O) groups is 2. The van der Waals surface area contributed by atoms with Crippen molar-refractivity contribution in [1.82, 2.24) is 19.4 Å². The van der Waals surface area contributed by atoms with Gasteiger partial charge in [0.1, 0.15) is 12.4 Å². The Kier molecular flexibility index (Phi) is 11.0. The molecular weight excluding hydrogens is 603 g/mol. The highest BCUT2D eigenvalue weighted by molar-refractivity contribution is 5.98. The smallest absolute Gasteiger partial charge is 0.337 e. The summed E-state index contributed by atoms with van der Waals surface area (Å²) in [4.78, 5) is 36.2. The van der Waals surface area contributed by atoms with Crippen molar-refractivity contribution in [2.45, 2.75) is 45.5 Å². The molecule has 2 aromatic carbocycles. The molecule has 2 aromatic heterocycles. The summed E-state index contributed by atoms with van der Waals surface area (Å²) in [6.07, 6.45) is 5.17. The lowest BCUT2D eigenvalue weighted by Gasteiger charge is -2.32. The summed E-state index contributed by atoms with van der Waals surface area (Å²) in [5.41, 5.74) is 3.39. The van der Waals surface area contributed by atoms with Crippen molar-refractivity contribution in [3.05, 3.63) is 95.5 Å². The first-order valence-electron chi connectivity index (χ1n) is 15.4. The Labute approximate surface area is 272 Å². The number of ether oxygens (including phenoxy) is 2. The van der Waals surface area contributed by atoms with Crippen LogP contribution in [0.1, 0.15) is 47.1 Å². The molecule has 5 rings (SSSR count). The van der Waals surface area contributed by atoms with Gasteiger partial charge in [0.2, 0.25) is 5.91 Å². The lowest BCUT2D eigenvalue weighted by atomic mass is 10.0. The van der Waals surface area contributed by atoms with E-state index in [9.17, 15) is 14.0 Å². The lowest BCUT2D eigenvalue weighted by Crippen LogP contribution is -2.42. The van der Waals surface area contributed by atoms with Gasteiger partial charge in [0.05, 0.1) is 66.5 Å². The normalized spacial score (nSPS) is 13.4. The Morgan fingerprint density at radius 2 is 1.94 bits per heavy atom. The molecule has 4 aromatic rings. The van der Waals surface area contributed by atoms with Crippen LogP contribution in [0.3, 0.4) is 0 Å². The second-order valence-electron chi connectivity index (χ2n) is 11.1. The summed E-state index contributed by atoms with van der Waals surface area (Å²) in [5.74, 6) is -0.457. The standard InChI is InChI=1S/C34H37FN8O4/c1-3-43-22-37-18-27(43)19-38-30-16-24(34(45)46-2)8-9-29(30)41-33(44)20-42-13-11-25(12-14-42)39-32-6-4-5-26(40-32)21-47-31-10-7-23(17-36)15-28(31)35/h4-10,15-16,18,22,25,38H,3,11-14,19-21H2,1-2H3,(H,39,40)(H,41,44). The zero-order valence-electron chi connectivity index (χ0n) is 26.3. The molecule has 0 radical (unpaired) electrons. The summed E-state index contributed by atoms with van der Waals surface area (Å²) in [6, 6.07) is 16.7. The molecule has 0 aliphatic carbocycles. The van der Waals surface area contributed by atoms with Crippen LogP contribution in [0.2, 0.25) is 0 Å². The molecular formula is C34H37FN8O4. The van der Waals surface area contributed by atoms with E-state index >= 15 is 0 Å². The van der Waals surface area contributed by atoms with Gasteiger partial charge in [-0.05, 0) is 68.3 Å². The third-order valence-electron chi connectivity index (χ3n) is 7.86. The van der Waals surface area contributed by atoms with Crippen molar-refractivity contribution in [2.24, 2.45) is 0 Å². The van der Waals surface area contributed by atoms with Crippen LogP contribution in [-0.4, -0.2) is 64.1 Å². The van der Waals surface area contributed by atoms with Crippen LogP contribution in [0.5, 0.6) is 5.75 Å². The number of carbonyl (C=O) groups excluding carboxylic acids is 2. The van der Waals surface area contributed by atoms with Gasteiger partial charge in [-0.15, -0.1) is 0 Å². The molecule has 0 saturated carbocycles. The van der Waals surface area contributed by atoms with E-state index in [4.69, 9.17) is 14.7 Å². The average molecular weight is 641 g/mol. The highest BCUT2D eigenvalue weighted by atomic mass is 19.1. The fraction of sp³-hybridized carbons (Fsp3) is 0.324. The molecule has 3 N–H and O–H groups in total. The molecule has 0 bridgehead atoms. The quantitative estimate of drug-likeness (QED) is 0.174. The Bertz CT molecular complexity index is 1750. The molecule has 47 heavy (non-hydrogen) atoms. The van der Waals surface area contributed by atoms with E-state index in [0.717, 1.165) is 44.2 Å². The number of imidazole rings is 1. The fourth-order valence-corrected chi connectivity index (χ4v) is 5.33. The Morgan fingerprint density at radius 3 is 2.68 bits per heavy atom. The van der Waals surface area contributed by atoms with Gasteiger partial charge in [-0.2, -0.15) is 5.26 Å². The molecule has 1 aliphatic rings. The molecule has 1 fully saturated rings. The molecule has 0 spiro atoms. The largest absolute Gasteiger partial charge is 0.484 e. The SMILES string of the molecule is CCn1cncc1CNc1cc(C(=O)OC)ccc1NC(=O)CN1CCC(Nc2cccc(COc3ccc(C#N)cc3F)n2)CC1. The first-order chi connectivity index (χ1) is 22.8. The first-order valence-corrected chi connectivity index (χ1v) is 15.4. The van der Waals surface area contributed by atoms with Crippen molar-refractivity contribution < 1.29 is 23.5 Å². The zero-order valence-corrected chi connectivity index (χ0v) is 26.3. The molecule has 12 nitrogen and oxygen atoms in total. The molecule has 13 heteroatoms. The number of benzene rings is 2. The van der Waals surface area contributed by atoms with E-state index in [1.165, 1.54) is 19.2 Å². The van der Waals surface area contributed by atoms with Crippen molar-refractivity contribution in [3.8, 4) is 11.8 Å². The molecule has 1 aliphatic heterocycles. The maximum atomic E-state index is 14.2. The summed E-state index contributed by atoms with van der Waals surface area (Å²) in [5, 5.41) is 18.7. The number of aromatic nitrogens is 3. The molecule has 0 unspecified atom stereocenters. The van der Waals surface area contributed by atoms with Gasteiger partial charge in [-0.25, -0.2) is 19.2 Å². The van der Waals surface area contributed by atoms with E-state index in [1.54, 1.807) is 36.8 Å². The van der Waals surface area contributed by atoms with Crippen LogP contribution in [0.25, 0.3) is 0 Å². The lowest BCUT2D eigenvalue weighted by molar-refractivity contribution is -0.117. The summed E-state index contributed by atoms with van der Waals surface area (Å²) in [6.45, 7) is 5.02. The predicted molar refractivity (Wildman–Crippen MR) is 174 cm³/mol.